The van der Waals surface area contributed by atoms with E-state index in [2.05, 4.69) is 57.3 Å². The van der Waals surface area contributed by atoms with E-state index in [0.29, 0.717) is 0 Å². The molecule has 0 atom stereocenters. The maximum absolute atomic E-state index is 2.32. The van der Waals surface area contributed by atoms with Gasteiger partial charge in [-0.05, 0) is 57.3 Å². The first kappa shape index (κ1) is 10.3. The zero-order chi connectivity index (χ0) is 5.98. The van der Waals surface area contributed by atoms with Crippen molar-refractivity contribution in [2.45, 2.75) is 0 Å². The Morgan fingerprint density at radius 1 is 0.889 bits per heavy atom. The van der Waals surface area contributed by atoms with Gasteiger partial charge in [-0.15, -0.1) is 0 Å². The van der Waals surface area contributed by atoms with Gasteiger partial charge in [0, 0.05) is 7.14 Å². The molecule has 0 radical (unpaired) electrons. The van der Waals surface area contributed by atoms with Crippen LogP contribution in [0.4, 0.5) is 0 Å². The van der Waals surface area contributed by atoms with Crippen molar-refractivity contribution in [3.05, 3.63) is 31.4 Å². The van der Waals surface area contributed by atoms with Gasteiger partial charge in [0.1, 0.15) is 0 Å². The molecule has 0 amide bonds. The van der Waals surface area contributed by atoms with Crippen LogP contribution in [0.1, 0.15) is 0 Å². The predicted molar refractivity (Wildman–Crippen MR) is 51.9 cm³/mol. The van der Waals surface area contributed by atoms with Crippen molar-refractivity contribution in [1.82, 2.24) is 0 Å². The minimum atomic E-state index is 0. The molecule has 0 saturated carbocycles. The summed E-state index contributed by atoms with van der Waals surface area (Å²) >= 11 is 4.63. The van der Waals surface area contributed by atoms with Crippen molar-refractivity contribution in [2.24, 2.45) is 0 Å². The van der Waals surface area contributed by atoms with Crippen molar-refractivity contribution in [3.8, 4) is 0 Å². The van der Waals surface area contributed by atoms with Crippen LogP contribution in [0.15, 0.2) is 24.3 Å². The Labute approximate surface area is 94.8 Å². The van der Waals surface area contributed by atoms with Crippen LogP contribution < -0.4 is 0 Å². The first-order valence-electron chi connectivity index (χ1n) is 2.21. The number of benzene rings is 1. The Hall–Kier alpha value is 1.30. The van der Waals surface area contributed by atoms with Crippen LogP contribution in [0.2, 0.25) is 0 Å². The van der Waals surface area contributed by atoms with E-state index in [1.54, 1.807) is 0 Å². The number of halogens is 2. The molecule has 48 valence electrons. The largest absolute Gasteiger partial charge is 2.00 e. The van der Waals surface area contributed by atoms with E-state index in [1.165, 1.54) is 7.14 Å². The summed E-state index contributed by atoms with van der Waals surface area (Å²) in [6.45, 7) is 0. The molecule has 0 spiro atoms. The Morgan fingerprint density at radius 2 is 1.22 bits per heavy atom. The molecule has 0 heterocycles. The van der Waals surface area contributed by atoms with Gasteiger partial charge in [-0.2, -0.15) is 0 Å². The van der Waals surface area contributed by atoms with Gasteiger partial charge < -0.3 is 0 Å². The number of hydrogen-bond acceptors (Lipinski definition) is 0. The third kappa shape index (κ3) is 3.28. The molecule has 0 aliphatic carbocycles. The van der Waals surface area contributed by atoms with Crippen molar-refractivity contribution >= 4 is 45.2 Å². The summed E-state index contributed by atoms with van der Waals surface area (Å²) in [5, 5.41) is 0. The molecule has 9 heavy (non-hydrogen) atoms. The van der Waals surface area contributed by atoms with Gasteiger partial charge >= 0.3 is 19.5 Å². The topological polar surface area (TPSA) is 0 Å². The van der Waals surface area contributed by atoms with Crippen molar-refractivity contribution in [3.63, 3.8) is 0 Å². The molecule has 0 saturated heterocycles. The fourth-order valence-electron chi connectivity index (χ4n) is 0.439. The zero-order valence-electron chi connectivity index (χ0n) is 4.42. The molecule has 1 aromatic carbocycles. The number of rotatable bonds is 0. The van der Waals surface area contributed by atoms with Gasteiger partial charge in [0.05, 0.1) is 0 Å². The summed E-state index contributed by atoms with van der Waals surface area (Å²) in [7, 11) is 0. The second kappa shape index (κ2) is 5.02. The van der Waals surface area contributed by atoms with E-state index in [0.717, 1.165) is 0 Å². The van der Waals surface area contributed by atoms with E-state index >= 15 is 0 Å². The smallest absolute Gasteiger partial charge is 0.0611 e. The normalized spacial score (nSPS) is 8.22. The molecule has 0 unspecified atom stereocenters. The van der Waals surface area contributed by atoms with E-state index < -0.39 is 0 Å². The Morgan fingerprint density at radius 3 is 1.44 bits per heavy atom. The summed E-state index contributed by atoms with van der Waals surface area (Å²) in [6, 6.07) is 8.29. The standard InChI is InChI=1S/C6H4I2.Ru/c7-5-3-1-2-4-6(5)8;/h1-4H;/q;+2. The van der Waals surface area contributed by atoms with Gasteiger partial charge in [-0.3, -0.25) is 0 Å². The molecule has 3 heteroatoms. The molecule has 0 aromatic heterocycles. The predicted octanol–water partition coefficient (Wildman–Crippen LogP) is 2.89. The Kier molecular flexibility index (Phi) is 5.75. The van der Waals surface area contributed by atoms with E-state index in [1.807, 2.05) is 12.1 Å². The molecule has 1 aromatic rings. The summed E-state index contributed by atoms with van der Waals surface area (Å²) in [4.78, 5) is 0. The van der Waals surface area contributed by atoms with Gasteiger partial charge in [0.2, 0.25) is 0 Å². The fourth-order valence-corrected chi connectivity index (χ4v) is 1.21. The van der Waals surface area contributed by atoms with Crippen LogP contribution >= 0.6 is 45.2 Å². The van der Waals surface area contributed by atoms with Crippen LogP contribution in [0, 0.1) is 7.14 Å². The molecule has 0 aliphatic rings. The Balaban J connectivity index is 0.000000640. The van der Waals surface area contributed by atoms with Crippen LogP contribution in [-0.4, -0.2) is 0 Å². The van der Waals surface area contributed by atoms with E-state index in [4.69, 9.17) is 0 Å². The van der Waals surface area contributed by atoms with Crippen LogP contribution in [-0.2, 0) is 19.5 Å². The van der Waals surface area contributed by atoms with E-state index in [9.17, 15) is 0 Å². The van der Waals surface area contributed by atoms with E-state index in [-0.39, 0.29) is 19.5 Å². The van der Waals surface area contributed by atoms with Gasteiger partial charge in [-0.1, -0.05) is 12.1 Å². The third-order valence-electron chi connectivity index (χ3n) is 0.824. The molecule has 0 aliphatic heterocycles. The molecule has 0 bridgehead atoms. The van der Waals surface area contributed by atoms with Crippen molar-refractivity contribution in [1.29, 1.82) is 0 Å². The minimum absolute atomic E-state index is 0. The van der Waals surface area contributed by atoms with Crippen molar-refractivity contribution in [2.75, 3.05) is 0 Å². The molecule has 1 rings (SSSR count). The summed E-state index contributed by atoms with van der Waals surface area (Å²) in [5.41, 5.74) is 0. The summed E-state index contributed by atoms with van der Waals surface area (Å²) in [6.07, 6.45) is 0. The average Bonchev–Trinajstić information content (AvgIpc) is 1.77. The average molecular weight is 431 g/mol. The van der Waals surface area contributed by atoms with Crippen LogP contribution in [0.5, 0.6) is 0 Å². The van der Waals surface area contributed by atoms with Crippen LogP contribution in [0.25, 0.3) is 0 Å². The fraction of sp³-hybridized carbons (Fsp3) is 0. The van der Waals surface area contributed by atoms with Gasteiger partial charge in [0.25, 0.3) is 0 Å². The van der Waals surface area contributed by atoms with Gasteiger partial charge in [0.15, 0.2) is 0 Å². The second-order valence-electron chi connectivity index (χ2n) is 1.41. The zero-order valence-corrected chi connectivity index (χ0v) is 10.5. The van der Waals surface area contributed by atoms with Crippen molar-refractivity contribution < 1.29 is 19.5 Å². The first-order valence-corrected chi connectivity index (χ1v) is 4.36. The maximum atomic E-state index is 2.32. The number of hydrogen-bond donors (Lipinski definition) is 0. The Bertz CT molecular complexity index is 167. The van der Waals surface area contributed by atoms with Crippen LogP contribution in [0.3, 0.4) is 0 Å². The first-order chi connectivity index (χ1) is 3.80. The minimum Gasteiger partial charge on any atom is -0.0611 e. The quantitative estimate of drug-likeness (QED) is 0.438. The second-order valence-corrected chi connectivity index (χ2v) is 3.74. The summed E-state index contributed by atoms with van der Waals surface area (Å²) in [5.74, 6) is 0. The maximum Gasteiger partial charge on any atom is 2.00 e. The molecular formula is C6H4I2Ru+2. The molecule has 0 nitrogen and oxygen atoms in total. The molecule has 0 N–H and O–H groups in total. The molecule has 0 fully saturated rings. The molecular weight excluding hydrogens is 427 g/mol. The monoisotopic (exact) mass is 432 g/mol. The third-order valence-corrected chi connectivity index (χ3v) is 3.74. The summed E-state index contributed by atoms with van der Waals surface area (Å²) < 4.78 is 2.65. The van der Waals surface area contributed by atoms with Gasteiger partial charge in [-0.25, -0.2) is 0 Å². The SMILES string of the molecule is Ic1ccccc1I.[Ru+2].